The van der Waals surface area contributed by atoms with Crippen LogP contribution in [-0.4, -0.2) is 360 Å². The summed E-state index contributed by atoms with van der Waals surface area (Å²) in [5.41, 5.74) is 17.1. The van der Waals surface area contributed by atoms with Crippen molar-refractivity contribution in [2.24, 2.45) is 130 Å². The van der Waals surface area contributed by atoms with Gasteiger partial charge in [-0.2, -0.15) is 0 Å². The third kappa shape index (κ3) is 75.7. The second-order valence-electron chi connectivity index (χ2n) is 62.8. The monoisotopic (exact) mass is 1840 g/mol. The average Bonchev–Trinajstić information content (AvgIpc) is 0.853. The van der Waals surface area contributed by atoms with Crippen molar-refractivity contribution >= 4 is 360 Å². The van der Waals surface area contributed by atoms with Gasteiger partial charge in [-0.3, -0.25) is 0 Å². The predicted molar refractivity (Wildman–Crippen MR) is 772 cm³/mol. The first-order chi connectivity index (χ1) is 64.1. The summed E-state index contributed by atoms with van der Waals surface area (Å²) in [7, 11) is 120. The molecule has 1 heterocycles. The zero-order valence-electron chi connectivity index (χ0n) is 105. The maximum atomic E-state index is 2.70. The zero-order valence-corrected chi connectivity index (χ0v) is 105. The first-order valence-electron chi connectivity index (χ1n) is 64.1. The van der Waals surface area contributed by atoms with E-state index < -0.39 is 0 Å². The largest absolute Gasteiger partial charge is 0.110 e. The van der Waals surface area contributed by atoms with E-state index in [2.05, 4.69) is 360 Å². The first-order valence-corrected chi connectivity index (χ1v) is 64.1. The van der Waals surface area contributed by atoms with Gasteiger partial charge >= 0.3 is 0 Å². The van der Waals surface area contributed by atoms with Crippen LogP contribution in [0, 0.1) is 130 Å². The Bertz CT molecular complexity index is 2360. The molecule has 0 aliphatic carbocycles. The summed E-state index contributed by atoms with van der Waals surface area (Å²) in [5.74, 6) is 18.0. The van der Waals surface area contributed by atoms with Gasteiger partial charge in [-0.1, -0.05) is 298 Å². The highest BCUT2D eigenvalue weighted by atomic mass is 14.4. The molecular weight excluding hydrogens is 1600 g/mol. The molecule has 0 N–H and O–H groups in total. The third-order valence-corrected chi connectivity index (χ3v) is 34.0. The summed E-state index contributed by atoms with van der Waals surface area (Å²) in [6.45, 7) is 2.62. The summed E-state index contributed by atoms with van der Waals surface area (Å²) < 4.78 is 0. The lowest BCUT2D eigenvalue weighted by atomic mass is 9.36. The maximum Gasteiger partial charge on any atom is 0.110 e. The normalized spacial score (nSPS) is 16.6. The molecule has 0 saturated carbocycles. The molecule has 0 nitrogen and oxygen atoms in total. The van der Waals surface area contributed by atoms with Crippen LogP contribution in [0.5, 0.6) is 0 Å². The van der Waals surface area contributed by atoms with Crippen molar-refractivity contribution in [2.75, 3.05) is 0 Å². The van der Waals surface area contributed by atoms with Gasteiger partial charge in [0.05, 0.1) is 345 Å². The van der Waals surface area contributed by atoms with Gasteiger partial charge in [0, 0.05) is 0 Å². The minimum absolute atomic E-state index is 0.719. The molecule has 1 aliphatic heterocycles. The molecule has 0 bridgehead atoms. The first kappa shape index (κ1) is 139. The Morgan fingerprint density at radius 3 is 0.319 bits per heavy atom. The van der Waals surface area contributed by atoms with Crippen LogP contribution in [0.3, 0.4) is 0 Å². The minimum Gasteiger partial charge on any atom is -0.0957 e. The zero-order chi connectivity index (χ0) is 105. The van der Waals surface area contributed by atoms with Crippen LogP contribution in [0.2, 0.25) is 137 Å². The fourth-order valence-corrected chi connectivity index (χ4v) is 32.9. The smallest absolute Gasteiger partial charge is 0.0957 e. The Hall–Kier alpha value is 2.99. The molecule has 0 spiro atoms. The molecule has 0 amide bonds. The molecule has 7 atom stereocenters. The minimum atomic E-state index is 0.719. The van der Waals surface area contributed by atoms with E-state index in [0.29, 0.717) is 0 Å². The number of hydrogen-bond acceptors (Lipinski definition) is 0. The molecule has 0 aromatic heterocycles. The quantitative estimate of drug-likeness (QED) is 0.0533. The Labute approximate surface area is 916 Å². The molecule has 1 aliphatic rings. The van der Waals surface area contributed by atoms with E-state index in [1.165, 1.54) is 296 Å². The van der Waals surface area contributed by atoms with Crippen LogP contribution in [0.1, 0.15) is 296 Å². The topological polar surface area (TPSA) is 0 Å². The second kappa shape index (κ2) is 77.3. The fraction of sp³-hybridized carbons (Fsp3) is 1.00. The summed E-state index contributed by atoms with van der Waals surface area (Å²) in [6, 6.07) is 0. The highest BCUT2D eigenvalue weighted by molar-refractivity contribution is 6.59. The van der Waals surface area contributed by atoms with E-state index in [9.17, 15) is 0 Å². The Kier molecular flexibility index (Phi) is 77.9. The predicted octanol–water partition coefficient (Wildman–Crippen LogP) is -13.0. The molecule has 0 aromatic rings. The van der Waals surface area contributed by atoms with E-state index in [1.54, 1.807) is 0 Å². The maximum absolute atomic E-state index is 2.70. The van der Waals surface area contributed by atoms with E-state index in [1.807, 2.05) is 0 Å². The highest BCUT2D eigenvalue weighted by Crippen LogP contribution is 2.52. The van der Waals surface area contributed by atoms with Crippen molar-refractivity contribution < 1.29 is 0 Å². The van der Waals surface area contributed by atoms with Gasteiger partial charge in [-0.15, -0.1) is 0 Å². The fourth-order valence-electron chi connectivity index (χ4n) is 32.9. The Balaban J connectivity index is 6.21. The van der Waals surface area contributed by atoms with E-state index >= 15 is 0 Å². The van der Waals surface area contributed by atoms with Crippen molar-refractivity contribution in [1.29, 1.82) is 0 Å². The molecule has 0 aromatic carbocycles. The molecular formula is C92H230B46. The summed E-state index contributed by atoms with van der Waals surface area (Å²) >= 11 is 0. The molecule has 138 heavy (non-hydrogen) atoms. The molecule has 7 unspecified atom stereocenters. The van der Waals surface area contributed by atoms with Gasteiger partial charge in [-0.05, 0) is 265 Å². The number of hydrogen-bond donors (Lipinski definition) is 0. The van der Waals surface area contributed by atoms with E-state index in [-0.39, 0.29) is 0 Å². The van der Waals surface area contributed by atoms with Gasteiger partial charge < -0.3 is 0 Å². The van der Waals surface area contributed by atoms with Gasteiger partial charge in [0.2, 0.25) is 0 Å². The van der Waals surface area contributed by atoms with Gasteiger partial charge in [0.15, 0.2) is 0 Å². The average molecular weight is 1830 g/mol. The van der Waals surface area contributed by atoms with Crippen molar-refractivity contribution in [1.82, 2.24) is 0 Å². The molecule has 1 fully saturated rings. The molecule has 0 radical (unpaired) electrons. The van der Waals surface area contributed by atoms with Crippen LogP contribution in [0.4, 0.5) is 0 Å². The van der Waals surface area contributed by atoms with Crippen LogP contribution in [0.25, 0.3) is 0 Å². The van der Waals surface area contributed by atoms with Crippen LogP contribution in [0.15, 0.2) is 0 Å². The third-order valence-electron chi connectivity index (χ3n) is 34.0. The van der Waals surface area contributed by atoms with E-state index in [0.717, 1.165) is 267 Å². The summed E-state index contributed by atoms with van der Waals surface area (Å²) in [4.78, 5) is 0. The standard InChI is InChI=1S/C92H230B46/c1-47(93)2-48(24-70(94)95)3-49(13-59(25-71(96)97)26-72(98)99)4-50(12-58(22-68(43-89(132)133)44-90(134)135)23-69-45-91(136)138-92(137)46-69)5-51(6-52(8-54(14-60(27-73(100)101)28-74(102)103)15-61(29-75(104)105)30-76(106)107)9-55(16-62(31-77(108)109)32-78(110)111)17-63(33-79(112)113)34-80(114)115)7-53(10-56(18-64(35-81(116)117)36-82(118)119)19-65(37-83(120)121)38-84(122)123)11-57(20-66(39-85(124)125)40-86(126)127)21-67(41-87(128)129)42-88(130)131/h47-92,138H,2-46,93-137H2,1H3. The van der Waals surface area contributed by atoms with Crippen LogP contribution in [-0.2, 0) is 0 Å². The number of rotatable bonds is 86. The van der Waals surface area contributed by atoms with Gasteiger partial charge in [0.1, 0.15) is 15.1 Å². The summed E-state index contributed by atoms with van der Waals surface area (Å²) in [6.07, 6.45) is 65.1. The van der Waals surface area contributed by atoms with Crippen LogP contribution < -0.4 is 0 Å². The molecule has 1 rings (SSSR count). The Morgan fingerprint density at radius 2 is 0.225 bits per heavy atom. The van der Waals surface area contributed by atoms with Crippen molar-refractivity contribution in [3.8, 4) is 0 Å². The van der Waals surface area contributed by atoms with Gasteiger partial charge in [-0.25, -0.2) is 0 Å². The van der Waals surface area contributed by atoms with Crippen molar-refractivity contribution in [2.45, 2.75) is 433 Å². The highest BCUT2D eigenvalue weighted by Gasteiger charge is 2.40. The molecule has 1 saturated heterocycles. The van der Waals surface area contributed by atoms with Gasteiger partial charge in [0.25, 0.3) is 0 Å². The second-order valence-corrected chi connectivity index (χ2v) is 62.8. The molecule has 46 heteroatoms. The lowest BCUT2D eigenvalue weighted by molar-refractivity contribution is 0.123. The lowest BCUT2D eigenvalue weighted by Gasteiger charge is -2.40. The van der Waals surface area contributed by atoms with Crippen LogP contribution >= 0.6 is 0 Å². The van der Waals surface area contributed by atoms with Crippen molar-refractivity contribution in [3.63, 3.8) is 0 Å². The Morgan fingerprint density at radius 1 is 0.138 bits per heavy atom. The SMILES string of the molecule is BC(B)CC(CC(B)B)CC(CC(CC(B)B)CC(B)B)CC(CC(CC(CC(B)B)CC(B)B)CC(CC(B)B)CC(B)B)CC(CC(CC(CC(CC(B)B)CC(B)B)CC(CC(B)B)CC(B)B)CC(CC(CC(B)B)CC(B)B)CC(CC(B)B)CC(B)B)CC(CC(CC(CC(B)B)CC(B)B)CC(CC(B)B)CC(B)C)CC(CC(CC(B)B)CC(B)B)CC1CC(B)BC(B)C1. The lowest BCUT2D eigenvalue weighted by Crippen LogP contribution is -2.29. The van der Waals surface area contributed by atoms with E-state index in [4.69, 9.17) is 0 Å². The molecule has 736 valence electrons. The summed E-state index contributed by atoms with van der Waals surface area (Å²) in [5, 5.41) is 0. The van der Waals surface area contributed by atoms with Crippen molar-refractivity contribution in [3.05, 3.63) is 0 Å².